The lowest BCUT2D eigenvalue weighted by molar-refractivity contribution is 0.0888. The summed E-state index contributed by atoms with van der Waals surface area (Å²) >= 11 is 5.86. The normalized spacial score (nSPS) is 19.6. The Balaban J connectivity index is 1.85. The van der Waals surface area contributed by atoms with E-state index in [-0.39, 0.29) is 30.2 Å². The second kappa shape index (κ2) is 7.96. The molecule has 3 rings (SSSR count). The number of carboxylic acid groups (broad SMARTS) is 1. The smallest absolute Gasteiger partial charge is 0.407 e. The van der Waals surface area contributed by atoms with Crippen LogP contribution < -0.4 is 5.32 Å². The summed E-state index contributed by atoms with van der Waals surface area (Å²) in [6.45, 7) is 2.36. The van der Waals surface area contributed by atoms with Crippen LogP contribution in [0.1, 0.15) is 33.8 Å². The molecule has 7 heteroatoms. The summed E-state index contributed by atoms with van der Waals surface area (Å²) in [5.74, 6) is -0.846. The molecule has 0 saturated carbocycles. The zero-order valence-electron chi connectivity index (χ0n) is 14.8. The van der Waals surface area contributed by atoms with Crippen molar-refractivity contribution in [2.45, 2.75) is 25.3 Å². The van der Waals surface area contributed by atoms with Gasteiger partial charge in [0.1, 0.15) is 5.82 Å². The SMILES string of the molecule is Cc1cc(F)ccc1[C@@H]1CN(C(=O)O)CC[C@H]1NC(=O)c1ccc(Cl)cc1. The van der Waals surface area contributed by atoms with Crippen molar-refractivity contribution in [2.24, 2.45) is 0 Å². The van der Waals surface area contributed by atoms with Gasteiger partial charge in [0.15, 0.2) is 0 Å². The third kappa shape index (κ3) is 4.39. The number of halogens is 2. The number of aryl methyl sites for hydroxylation is 1. The number of hydrogen-bond donors (Lipinski definition) is 2. The maximum atomic E-state index is 13.5. The van der Waals surface area contributed by atoms with Gasteiger partial charge in [-0.3, -0.25) is 4.79 Å². The number of rotatable bonds is 3. The van der Waals surface area contributed by atoms with Crippen LogP contribution in [-0.4, -0.2) is 41.1 Å². The zero-order chi connectivity index (χ0) is 19.6. The van der Waals surface area contributed by atoms with Gasteiger partial charge in [0.25, 0.3) is 5.91 Å². The average Bonchev–Trinajstić information content (AvgIpc) is 2.62. The molecule has 2 N–H and O–H groups in total. The second-order valence-electron chi connectivity index (χ2n) is 6.71. The van der Waals surface area contributed by atoms with Crippen molar-refractivity contribution >= 4 is 23.6 Å². The lowest BCUT2D eigenvalue weighted by Gasteiger charge is -2.38. The fourth-order valence-electron chi connectivity index (χ4n) is 3.52. The molecule has 0 spiro atoms. The molecule has 1 aliphatic heterocycles. The Morgan fingerprint density at radius 2 is 1.93 bits per heavy atom. The van der Waals surface area contributed by atoms with Crippen molar-refractivity contribution in [1.82, 2.24) is 10.2 Å². The number of carbonyl (C=O) groups is 2. The van der Waals surface area contributed by atoms with Gasteiger partial charge in [-0.25, -0.2) is 9.18 Å². The molecule has 2 aromatic carbocycles. The first-order chi connectivity index (χ1) is 12.8. The molecule has 0 aliphatic carbocycles. The molecule has 5 nitrogen and oxygen atoms in total. The fraction of sp³-hybridized carbons (Fsp3) is 0.300. The maximum absolute atomic E-state index is 13.5. The van der Waals surface area contributed by atoms with Crippen molar-refractivity contribution in [2.75, 3.05) is 13.1 Å². The van der Waals surface area contributed by atoms with Gasteiger partial charge in [-0.1, -0.05) is 17.7 Å². The summed E-state index contributed by atoms with van der Waals surface area (Å²) in [6, 6.07) is 10.8. The first kappa shape index (κ1) is 19.2. The van der Waals surface area contributed by atoms with E-state index in [1.54, 1.807) is 37.3 Å². The van der Waals surface area contributed by atoms with E-state index in [9.17, 15) is 19.1 Å². The standard InChI is InChI=1S/C20H20ClFN2O3/c1-12-10-15(22)6-7-16(12)17-11-24(20(26)27)9-8-18(17)23-19(25)13-2-4-14(21)5-3-13/h2-7,10,17-18H,8-9,11H2,1H3,(H,23,25)(H,26,27)/t17-,18+/m0/s1. The highest BCUT2D eigenvalue weighted by atomic mass is 35.5. The Hall–Kier alpha value is -2.60. The Labute approximate surface area is 161 Å². The van der Waals surface area contributed by atoms with Gasteiger partial charge >= 0.3 is 6.09 Å². The number of nitrogens with zero attached hydrogens (tertiary/aromatic N) is 1. The van der Waals surface area contributed by atoms with Crippen molar-refractivity contribution in [3.05, 3.63) is 70.0 Å². The minimum atomic E-state index is -0.998. The molecule has 1 fully saturated rings. The highest BCUT2D eigenvalue weighted by molar-refractivity contribution is 6.30. The van der Waals surface area contributed by atoms with E-state index in [1.807, 2.05) is 0 Å². The minimum Gasteiger partial charge on any atom is -0.465 e. The summed E-state index contributed by atoms with van der Waals surface area (Å²) in [6.07, 6.45) is -0.519. The monoisotopic (exact) mass is 390 g/mol. The second-order valence-corrected chi connectivity index (χ2v) is 7.15. The molecule has 0 aromatic heterocycles. The summed E-state index contributed by atoms with van der Waals surface area (Å²) < 4.78 is 13.5. The van der Waals surface area contributed by atoms with E-state index in [1.165, 1.54) is 17.0 Å². The molecule has 2 atom stereocenters. The third-order valence-electron chi connectivity index (χ3n) is 4.94. The molecule has 0 bridgehead atoms. The van der Waals surface area contributed by atoms with Crippen LogP contribution in [0.5, 0.6) is 0 Å². The van der Waals surface area contributed by atoms with Gasteiger partial charge in [-0.15, -0.1) is 0 Å². The van der Waals surface area contributed by atoms with Crippen LogP contribution in [0.25, 0.3) is 0 Å². The van der Waals surface area contributed by atoms with Crippen molar-refractivity contribution in [3.8, 4) is 0 Å². The highest BCUT2D eigenvalue weighted by Crippen LogP contribution is 2.30. The van der Waals surface area contributed by atoms with Gasteiger partial charge in [-0.05, 0) is 60.9 Å². The molecular weight excluding hydrogens is 371 g/mol. The van der Waals surface area contributed by atoms with E-state index in [0.717, 1.165) is 11.1 Å². The fourth-order valence-corrected chi connectivity index (χ4v) is 3.65. The van der Waals surface area contributed by atoms with Gasteiger partial charge < -0.3 is 15.3 Å². The van der Waals surface area contributed by atoms with E-state index in [2.05, 4.69) is 5.32 Å². The minimum absolute atomic E-state index is 0.243. The highest BCUT2D eigenvalue weighted by Gasteiger charge is 2.34. The number of hydrogen-bond acceptors (Lipinski definition) is 2. The van der Waals surface area contributed by atoms with Crippen LogP contribution in [0.15, 0.2) is 42.5 Å². The van der Waals surface area contributed by atoms with Gasteiger partial charge in [-0.2, -0.15) is 0 Å². The van der Waals surface area contributed by atoms with E-state index in [0.29, 0.717) is 23.6 Å². The first-order valence-corrected chi connectivity index (χ1v) is 9.03. The lowest BCUT2D eigenvalue weighted by Crippen LogP contribution is -2.51. The zero-order valence-corrected chi connectivity index (χ0v) is 15.5. The summed E-state index contributed by atoms with van der Waals surface area (Å²) in [7, 11) is 0. The molecular formula is C20H20ClFN2O3. The van der Waals surface area contributed by atoms with Crippen molar-refractivity contribution in [3.63, 3.8) is 0 Å². The van der Waals surface area contributed by atoms with Crippen LogP contribution in [0.2, 0.25) is 5.02 Å². The van der Waals surface area contributed by atoms with E-state index >= 15 is 0 Å². The van der Waals surface area contributed by atoms with Gasteiger partial charge in [0.05, 0.1) is 0 Å². The quantitative estimate of drug-likeness (QED) is 0.830. The van der Waals surface area contributed by atoms with E-state index in [4.69, 9.17) is 11.6 Å². The summed E-state index contributed by atoms with van der Waals surface area (Å²) in [5, 5.41) is 12.9. The summed E-state index contributed by atoms with van der Waals surface area (Å²) in [4.78, 5) is 25.4. The molecule has 0 unspecified atom stereocenters. The average molecular weight is 391 g/mol. The maximum Gasteiger partial charge on any atom is 0.407 e. The molecule has 27 heavy (non-hydrogen) atoms. The first-order valence-electron chi connectivity index (χ1n) is 8.65. The molecule has 1 saturated heterocycles. The number of nitrogens with one attached hydrogen (secondary N) is 1. The van der Waals surface area contributed by atoms with Crippen molar-refractivity contribution in [1.29, 1.82) is 0 Å². The summed E-state index contributed by atoms with van der Waals surface area (Å²) in [5.41, 5.74) is 2.05. The number of benzene rings is 2. The Morgan fingerprint density at radius 1 is 1.22 bits per heavy atom. The number of amides is 2. The van der Waals surface area contributed by atoms with Crippen LogP contribution in [0.4, 0.5) is 9.18 Å². The largest absolute Gasteiger partial charge is 0.465 e. The molecule has 1 aliphatic rings. The third-order valence-corrected chi connectivity index (χ3v) is 5.19. The van der Waals surface area contributed by atoms with Crippen molar-refractivity contribution < 1.29 is 19.1 Å². The predicted octanol–water partition coefficient (Wildman–Crippen LogP) is 4.05. The number of carbonyl (C=O) groups excluding carboxylic acids is 1. The van der Waals surface area contributed by atoms with Gasteiger partial charge in [0, 0.05) is 35.6 Å². The lowest BCUT2D eigenvalue weighted by atomic mass is 9.83. The van der Waals surface area contributed by atoms with Crippen LogP contribution in [-0.2, 0) is 0 Å². The Bertz CT molecular complexity index is 857. The molecule has 2 amide bonds. The molecule has 2 aromatic rings. The van der Waals surface area contributed by atoms with E-state index < -0.39 is 6.09 Å². The van der Waals surface area contributed by atoms with Crippen LogP contribution in [0, 0.1) is 12.7 Å². The molecule has 0 radical (unpaired) electrons. The Morgan fingerprint density at radius 3 is 2.56 bits per heavy atom. The van der Waals surface area contributed by atoms with Crippen LogP contribution >= 0.6 is 11.6 Å². The number of likely N-dealkylation sites (tertiary alicyclic amines) is 1. The topological polar surface area (TPSA) is 69.6 Å². The van der Waals surface area contributed by atoms with Crippen LogP contribution in [0.3, 0.4) is 0 Å². The molecule has 142 valence electrons. The number of piperidine rings is 1. The predicted molar refractivity (Wildman–Crippen MR) is 101 cm³/mol. The van der Waals surface area contributed by atoms with Gasteiger partial charge in [0.2, 0.25) is 0 Å². The Kier molecular flexibility index (Phi) is 5.65. The molecule has 1 heterocycles.